The fraction of sp³-hybridized carbons (Fsp3) is 0.200. The first-order valence-electron chi connectivity index (χ1n) is 5.67. The fourth-order valence-corrected chi connectivity index (χ4v) is 1.83. The first kappa shape index (κ1) is 11.6. The first-order chi connectivity index (χ1) is 8.06. The largest absolute Gasteiger partial charge is 0.355 e. The number of benzene rings is 2. The Labute approximate surface area is 101 Å². The molecule has 1 nitrogen and oxygen atoms in total. The molecule has 0 spiro atoms. The maximum absolute atomic E-state index is 13.2. The van der Waals surface area contributed by atoms with Crippen molar-refractivity contribution in [2.24, 2.45) is 0 Å². The molecule has 0 radical (unpaired) electrons. The summed E-state index contributed by atoms with van der Waals surface area (Å²) in [5, 5.41) is 3.27. The molecule has 0 bridgehead atoms. The molecule has 0 saturated heterocycles. The van der Waals surface area contributed by atoms with Crippen LogP contribution >= 0.6 is 0 Å². The van der Waals surface area contributed by atoms with Gasteiger partial charge in [-0.05, 0) is 50.1 Å². The fourth-order valence-electron chi connectivity index (χ4n) is 1.83. The summed E-state index contributed by atoms with van der Waals surface area (Å²) in [5.41, 5.74) is 5.25. The lowest BCUT2D eigenvalue weighted by Gasteiger charge is -2.12. The van der Waals surface area contributed by atoms with Crippen molar-refractivity contribution >= 4 is 11.4 Å². The molecule has 0 aromatic heterocycles. The molecule has 0 aliphatic carbocycles. The summed E-state index contributed by atoms with van der Waals surface area (Å²) in [6, 6.07) is 11.0. The molecule has 0 amide bonds. The SMILES string of the molecule is Cc1ccc(Nc2cc(F)ccc2C)c(C)c1. The summed E-state index contributed by atoms with van der Waals surface area (Å²) in [6.07, 6.45) is 0. The zero-order chi connectivity index (χ0) is 12.4. The molecule has 88 valence electrons. The molecule has 0 saturated carbocycles. The van der Waals surface area contributed by atoms with Crippen LogP contribution in [-0.4, -0.2) is 0 Å². The lowest BCUT2D eigenvalue weighted by Crippen LogP contribution is -1.96. The van der Waals surface area contributed by atoms with E-state index in [1.165, 1.54) is 17.7 Å². The summed E-state index contributed by atoms with van der Waals surface area (Å²) < 4.78 is 13.2. The molecule has 0 heterocycles. The van der Waals surface area contributed by atoms with Gasteiger partial charge in [-0.25, -0.2) is 4.39 Å². The van der Waals surface area contributed by atoms with Crippen LogP contribution in [0.3, 0.4) is 0 Å². The third-order valence-corrected chi connectivity index (χ3v) is 2.85. The van der Waals surface area contributed by atoms with E-state index in [9.17, 15) is 4.39 Å². The maximum Gasteiger partial charge on any atom is 0.125 e. The lowest BCUT2D eigenvalue weighted by molar-refractivity contribution is 0.628. The summed E-state index contributed by atoms with van der Waals surface area (Å²) in [7, 11) is 0. The number of halogens is 1. The molecule has 0 aliphatic rings. The van der Waals surface area contributed by atoms with Gasteiger partial charge in [-0.1, -0.05) is 23.8 Å². The molecule has 0 fully saturated rings. The van der Waals surface area contributed by atoms with Crippen LogP contribution in [0.25, 0.3) is 0 Å². The highest BCUT2D eigenvalue weighted by Gasteiger charge is 2.03. The van der Waals surface area contributed by atoms with Crippen LogP contribution in [0, 0.1) is 26.6 Å². The van der Waals surface area contributed by atoms with Crippen molar-refractivity contribution in [2.45, 2.75) is 20.8 Å². The molecule has 17 heavy (non-hydrogen) atoms. The average molecular weight is 229 g/mol. The summed E-state index contributed by atoms with van der Waals surface area (Å²) in [6.45, 7) is 6.07. The number of anilines is 2. The van der Waals surface area contributed by atoms with E-state index in [1.54, 1.807) is 6.07 Å². The number of rotatable bonds is 2. The molecule has 0 aliphatic heterocycles. The molecule has 2 heteroatoms. The molecular weight excluding hydrogens is 213 g/mol. The van der Waals surface area contributed by atoms with Crippen LogP contribution in [0.4, 0.5) is 15.8 Å². The van der Waals surface area contributed by atoms with Crippen LogP contribution in [0.15, 0.2) is 36.4 Å². The normalized spacial score (nSPS) is 10.4. The highest BCUT2D eigenvalue weighted by molar-refractivity contribution is 5.66. The van der Waals surface area contributed by atoms with E-state index in [2.05, 4.69) is 18.3 Å². The highest BCUT2D eigenvalue weighted by Crippen LogP contribution is 2.24. The van der Waals surface area contributed by atoms with Gasteiger partial charge in [0.2, 0.25) is 0 Å². The minimum Gasteiger partial charge on any atom is -0.355 e. The molecule has 1 N–H and O–H groups in total. The van der Waals surface area contributed by atoms with E-state index in [0.29, 0.717) is 0 Å². The molecular formula is C15H16FN. The minimum atomic E-state index is -0.220. The zero-order valence-corrected chi connectivity index (χ0v) is 10.3. The second-order valence-electron chi connectivity index (χ2n) is 4.40. The maximum atomic E-state index is 13.2. The second-order valence-corrected chi connectivity index (χ2v) is 4.40. The number of nitrogens with one attached hydrogen (secondary N) is 1. The van der Waals surface area contributed by atoms with Gasteiger partial charge in [0.25, 0.3) is 0 Å². The van der Waals surface area contributed by atoms with Gasteiger partial charge in [-0.3, -0.25) is 0 Å². The average Bonchev–Trinajstić information content (AvgIpc) is 2.27. The zero-order valence-electron chi connectivity index (χ0n) is 10.3. The minimum absolute atomic E-state index is 0.220. The van der Waals surface area contributed by atoms with Gasteiger partial charge in [-0.2, -0.15) is 0 Å². The van der Waals surface area contributed by atoms with Gasteiger partial charge < -0.3 is 5.32 Å². The van der Waals surface area contributed by atoms with Crippen LogP contribution in [0.2, 0.25) is 0 Å². The highest BCUT2D eigenvalue weighted by atomic mass is 19.1. The van der Waals surface area contributed by atoms with Crippen molar-refractivity contribution in [1.82, 2.24) is 0 Å². The van der Waals surface area contributed by atoms with E-state index in [4.69, 9.17) is 0 Å². The van der Waals surface area contributed by atoms with Crippen molar-refractivity contribution in [3.63, 3.8) is 0 Å². The van der Waals surface area contributed by atoms with Gasteiger partial charge in [0, 0.05) is 11.4 Å². The predicted octanol–water partition coefficient (Wildman–Crippen LogP) is 4.49. The Morgan fingerprint density at radius 3 is 2.29 bits per heavy atom. The quantitative estimate of drug-likeness (QED) is 0.799. The van der Waals surface area contributed by atoms with Gasteiger partial charge >= 0.3 is 0 Å². The van der Waals surface area contributed by atoms with Crippen LogP contribution in [-0.2, 0) is 0 Å². The Morgan fingerprint density at radius 1 is 0.824 bits per heavy atom. The lowest BCUT2D eigenvalue weighted by atomic mass is 10.1. The third-order valence-electron chi connectivity index (χ3n) is 2.85. The van der Waals surface area contributed by atoms with Gasteiger partial charge in [0.05, 0.1) is 0 Å². The number of aryl methyl sites for hydroxylation is 3. The van der Waals surface area contributed by atoms with Gasteiger partial charge in [0.1, 0.15) is 5.82 Å². The number of hydrogen-bond donors (Lipinski definition) is 1. The Balaban J connectivity index is 2.34. The Morgan fingerprint density at radius 2 is 1.59 bits per heavy atom. The van der Waals surface area contributed by atoms with Crippen molar-refractivity contribution < 1.29 is 4.39 Å². The Kier molecular flexibility index (Phi) is 3.14. The Bertz CT molecular complexity index is 547. The second kappa shape index (κ2) is 4.58. The molecule has 2 rings (SSSR count). The molecule has 2 aromatic carbocycles. The van der Waals surface area contributed by atoms with Crippen molar-refractivity contribution in [2.75, 3.05) is 5.32 Å². The smallest absolute Gasteiger partial charge is 0.125 e. The van der Waals surface area contributed by atoms with E-state index in [1.807, 2.05) is 26.0 Å². The predicted molar refractivity (Wildman–Crippen MR) is 70.3 cm³/mol. The van der Waals surface area contributed by atoms with E-state index >= 15 is 0 Å². The van der Waals surface area contributed by atoms with Crippen LogP contribution < -0.4 is 5.32 Å². The number of hydrogen-bond acceptors (Lipinski definition) is 1. The first-order valence-corrected chi connectivity index (χ1v) is 5.67. The molecule has 0 unspecified atom stereocenters. The molecule has 0 atom stereocenters. The van der Waals surface area contributed by atoms with Crippen LogP contribution in [0.1, 0.15) is 16.7 Å². The monoisotopic (exact) mass is 229 g/mol. The topological polar surface area (TPSA) is 12.0 Å². The van der Waals surface area contributed by atoms with Gasteiger partial charge in [0.15, 0.2) is 0 Å². The van der Waals surface area contributed by atoms with Crippen LogP contribution in [0.5, 0.6) is 0 Å². The van der Waals surface area contributed by atoms with E-state index < -0.39 is 0 Å². The van der Waals surface area contributed by atoms with Crippen molar-refractivity contribution in [3.8, 4) is 0 Å². The van der Waals surface area contributed by atoms with Crippen molar-refractivity contribution in [3.05, 3.63) is 58.9 Å². The standard InChI is InChI=1S/C15H16FN/c1-10-4-7-14(12(3)8-10)17-15-9-13(16)6-5-11(15)2/h4-9,17H,1-3H3. The van der Waals surface area contributed by atoms with Crippen molar-refractivity contribution in [1.29, 1.82) is 0 Å². The van der Waals surface area contributed by atoms with Gasteiger partial charge in [-0.15, -0.1) is 0 Å². The molecule has 2 aromatic rings. The summed E-state index contributed by atoms with van der Waals surface area (Å²) in [4.78, 5) is 0. The third kappa shape index (κ3) is 2.64. The van der Waals surface area contributed by atoms with E-state index in [0.717, 1.165) is 22.5 Å². The van der Waals surface area contributed by atoms with E-state index in [-0.39, 0.29) is 5.82 Å². The Hall–Kier alpha value is -1.83. The summed E-state index contributed by atoms with van der Waals surface area (Å²) in [5.74, 6) is -0.220. The summed E-state index contributed by atoms with van der Waals surface area (Å²) >= 11 is 0.